The largest absolute Gasteiger partial charge is 0.481 e. The van der Waals surface area contributed by atoms with Gasteiger partial charge in [0.25, 0.3) is 0 Å². The smallest absolute Gasteiger partial charge is 0.307 e. The molecule has 1 aliphatic heterocycles. The topological polar surface area (TPSA) is 83.9 Å². The van der Waals surface area contributed by atoms with E-state index in [1.165, 1.54) is 4.31 Å². The van der Waals surface area contributed by atoms with Crippen molar-refractivity contribution >= 4 is 16.0 Å². The number of morpholine rings is 1. The van der Waals surface area contributed by atoms with Crippen LogP contribution in [0.5, 0.6) is 0 Å². The Morgan fingerprint density at radius 2 is 2.05 bits per heavy atom. The highest BCUT2D eigenvalue weighted by Gasteiger charge is 2.46. The monoisotopic (exact) mass is 291 g/mol. The fraction of sp³-hybridized carbons (Fsp3) is 0.917. The zero-order valence-electron chi connectivity index (χ0n) is 11.3. The molecule has 19 heavy (non-hydrogen) atoms. The van der Waals surface area contributed by atoms with E-state index < -0.39 is 32.8 Å². The van der Waals surface area contributed by atoms with Crippen LogP contribution < -0.4 is 0 Å². The number of hydrogen-bond acceptors (Lipinski definition) is 4. The normalized spacial score (nSPS) is 32.3. The highest BCUT2D eigenvalue weighted by atomic mass is 32.2. The number of carboxylic acids is 1. The average Bonchev–Trinajstić information content (AvgIpc) is 2.77. The first-order chi connectivity index (χ1) is 8.74. The molecule has 0 radical (unpaired) electrons. The molecule has 2 rings (SSSR count). The number of sulfonamides is 1. The summed E-state index contributed by atoms with van der Waals surface area (Å²) in [7, 11) is -3.55. The van der Waals surface area contributed by atoms with Gasteiger partial charge < -0.3 is 9.84 Å². The summed E-state index contributed by atoms with van der Waals surface area (Å²) >= 11 is 0. The molecule has 1 heterocycles. The molecule has 2 unspecified atom stereocenters. The van der Waals surface area contributed by atoms with Crippen molar-refractivity contribution < 1.29 is 23.1 Å². The third-order valence-corrected chi connectivity index (χ3v) is 6.26. The highest BCUT2D eigenvalue weighted by Crippen LogP contribution is 2.34. The van der Waals surface area contributed by atoms with E-state index in [1.807, 2.05) is 13.8 Å². The zero-order chi connectivity index (χ0) is 14.3. The number of hydrogen-bond donors (Lipinski definition) is 1. The Morgan fingerprint density at radius 3 is 2.63 bits per heavy atom. The molecule has 0 aromatic carbocycles. The van der Waals surface area contributed by atoms with Crippen LogP contribution in [0, 0.1) is 5.92 Å². The molecule has 110 valence electrons. The number of nitrogens with zero attached hydrogens (tertiary/aromatic N) is 1. The molecule has 2 atom stereocenters. The number of carboxylic acid groups (broad SMARTS) is 1. The Labute approximate surface area is 113 Å². The van der Waals surface area contributed by atoms with Crippen molar-refractivity contribution in [1.82, 2.24) is 4.31 Å². The van der Waals surface area contributed by atoms with E-state index in [2.05, 4.69) is 0 Å². The second kappa shape index (κ2) is 5.03. The summed E-state index contributed by atoms with van der Waals surface area (Å²) in [6, 6.07) is 0. The third-order valence-electron chi connectivity index (χ3n) is 3.90. The van der Waals surface area contributed by atoms with E-state index >= 15 is 0 Å². The second-order valence-corrected chi connectivity index (χ2v) is 8.05. The minimum atomic E-state index is -3.55. The molecule has 0 aromatic rings. The lowest BCUT2D eigenvalue weighted by atomic mass is 10.1. The summed E-state index contributed by atoms with van der Waals surface area (Å²) in [5, 5.41) is 8.36. The van der Waals surface area contributed by atoms with Gasteiger partial charge in [0.15, 0.2) is 0 Å². The maximum absolute atomic E-state index is 12.6. The van der Waals surface area contributed by atoms with Gasteiger partial charge in [0.2, 0.25) is 10.0 Å². The molecule has 1 aliphatic carbocycles. The number of aliphatic carboxylic acids is 1. The van der Waals surface area contributed by atoms with Crippen molar-refractivity contribution in [2.75, 3.05) is 19.7 Å². The van der Waals surface area contributed by atoms with E-state index in [0.717, 1.165) is 0 Å². The number of carbonyl (C=O) groups is 1. The fourth-order valence-corrected chi connectivity index (χ4v) is 5.28. The van der Waals surface area contributed by atoms with Crippen LogP contribution in [0.25, 0.3) is 0 Å². The summed E-state index contributed by atoms with van der Waals surface area (Å²) in [6.07, 6.45) is 1.55. The Hall–Kier alpha value is -0.660. The summed E-state index contributed by atoms with van der Waals surface area (Å²) in [4.78, 5) is 11.2. The van der Waals surface area contributed by atoms with Gasteiger partial charge >= 0.3 is 5.97 Å². The molecule has 6 nitrogen and oxygen atoms in total. The van der Waals surface area contributed by atoms with Gasteiger partial charge in [-0.25, -0.2) is 8.42 Å². The molecule has 7 heteroatoms. The summed E-state index contributed by atoms with van der Waals surface area (Å²) in [5.41, 5.74) is -0.511. The van der Waals surface area contributed by atoms with Gasteiger partial charge in [0, 0.05) is 13.1 Å². The van der Waals surface area contributed by atoms with Crippen LogP contribution in [0.2, 0.25) is 0 Å². The van der Waals surface area contributed by atoms with E-state index in [9.17, 15) is 13.2 Å². The molecule has 2 aliphatic rings. The van der Waals surface area contributed by atoms with Crippen molar-refractivity contribution in [3.63, 3.8) is 0 Å². The van der Waals surface area contributed by atoms with Gasteiger partial charge in [0.05, 0.1) is 23.4 Å². The van der Waals surface area contributed by atoms with Crippen LogP contribution in [0.15, 0.2) is 0 Å². The van der Waals surface area contributed by atoms with Crippen LogP contribution in [-0.4, -0.2) is 54.3 Å². The lowest BCUT2D eigenvalue weighted by Gasteiger charge is -2.38. The standard InChI is InChI=1S/C12H21NO5S/c1-12(2)8-13(6-7-18-12)19(16,17)10-5-3-4-9(10)11(14)15/h9-10H,3-8H2,1-2H3,(H,14,15). The maximum Gasteiger partial charge on any atom is 0.307 e. The Bertz CT molecular complexity index is 459. The molecule has 1 saturated carbocycles. The highest BCUT2D eigenvalue weighted by molar-refractivity contribution is 7.89. The molecule has 0 bridgehead atoms. The minimum absolute atomic E-state index is 0.290. The Morgan fingerprint density at radius 1 is 1.37 bits per heavy atom. The molecule has 1 saturated heterocycles. The summed E-state index contributed by atoms with van der Waals surface area (Å²) in [5.74, 6) is -1.77. The first-order valence-corrected chi connectivity index (χ1v) is 8.10. The second-order valence-electron chi connectivity index (χ2n) is 5.90. The summed E-state index contributed by atoms with van der Waals surface area (Å²) in [6.45, 7) is 4.65. The fourth-order valence-electron chi connectivity index (χ4n) is 2.95. The van der Waals surface area contributed by atoms with E-state index in [0.29, 0.717) is 32.4 Å². The van der Waals surface area contributed by atoms with Crippen molar-refractivity contribution in [2.45, 2.75) is 44.0 Å². The lowest BCUT2D eigenvalue weighted by Crippen LogP contribution is -2.53. The predicted molar refractivity (Wildman–Crippen MR) is 69.3 cm³/mol. The predicted octanol–water partition coefficient (Wildman–Crippen LogP) is 0.680. The van der Waals surface area contributed by atoms with Crippen molar-refractivity contribution in [2.24, 2.45) is 5.92 Å². The van der Waals surface area contributed by atoms with Crippen LogP contribution >= 0.6 is 0 Å². The van der Waals surface area contributed by atoms with Crippen LogP contribution in [0.4, 0.5) is 0 Å². The van der Waals surface area contributed by atoms with Crippen LogP contribution in [0.3, 0.4) is 0 Å². The molecular formula is C12H21NO5S. The maximum atomic E-state index is 12.6. The van der Waals surface area contributed by atoms with Gasteiger partial charge in [-0.05, 0) is 26.7 Å². The van der Waals surface area contributed by atoms with Crippen molar-refractivity contribution in [3.05, 3.63) is 0 Å². The molecule has 0 amide bonds. The first kappa shape index (κ1) is 14.7. The molecule has 0 spiro atoms. The first-order valence-electron chi connectivity index (χ1n) is 6.60. The van der Waals surface area contributed by atoms with Crippen molar-refractivity contribution in [1.29, 1.82) is 0 Å². The minimum Gasteiger partial charge on any atom is -0.481 e. The lowest BCUT2D eigenvalue weighted by molar-refractivity contribution is -0.141. The van der Waals surface area contributed by atoms with Crippen LogP contribution in [0.1, 0.15) is 33.1 Å². The SMILES string of the molecule is CC1(C)CN(S(=O)(=O)C2CCCC2C(=O)O)CCO1. The molecule has 0 aromatic heterocycles. The Balaban J connectivity index is 2.20. The van der Waals surface area contributed by atoms with Gasteiger partial charge in [-0.3, -0.25) is 4.79 Å². The number of rotatable bonds is 3. The summed E-state index contributed by atoms with van der Waals surface area (Å²) < 4.78 is 32.1. The van der Waals surface area contributed by atoms with E-state index in [-0.39, 0.29) is 6.54 Å². The van der Waals surface area contributed by atoms with Gasteiger partial charge in [-0.1, -0.05) is 6.42 Å². The van der Waals surface area contributed by atoms with Gasteiger partial charge in [0.1, 0.15) is 0 Å². The van der Waals surface area contributed by atoms with E-state index in [1.54, 1.807) is 0 Å². The average molecular weight is 291 g/mol. The molecular weight excluding hydrogens is 270 g/mol. The van der Waals surface area contributed by atoms with Gasteiger partial charge in [-0.15, -0.1) is 0 Å². The molecule has 2 fully saturated rings. The third kappa shape index (κ3) is 2.93. The Kier molecular flexibility index (Phi) is 3.90. The van der Waals surface area contributed by atoms with Gasteiger partial charge in [-0.2, -0.15) is 4.31 Å². The van der Waals surface area contributed by atoms with Crippen molar-refractivity contribution in [3.8, 4) is 0 Å². The quantitative estimate of drug-likeness (QED) is 0.826. The zero-order valence-corrected chi connectivity index (χ0v) is 12.1. The van der Waals surface area contributed by atoms with Crippen LogP contribution in [-0.2, 0) is 19.6 Å². The number of ether oxygens (including phenoxy) is 1. The molecule has 1 N–H and O–H groups in total. The van der Waals surface area contributed by atoms with E-state index in [4.69, 9.17) is 9.84 Å².